The number of nitrogen functional groups attached to an aromatic ring is 1. The highest BCUT2D eigenvalue weighted by atomic mass is 32.2. The van der Waals surface area contributed by atoms with Gasteiger partial charge in [-0.05, 0) is 12.1 Å². The van der Waals surface area contributed by atoms with Gasteiger partial charge in [-0.25, -0.2) is 0 Å². The second-order valence-corrected chi connectivity index (χ2v) is 3.86. The Morgan fingerprint density at radius 1 is 1.29 bits per heavy atom. The average molecular weight is 213 g/mol. The summed E-state index contributed by atoms with van der Waals surface area (Å²) < 4.78 is 5.13. The highest BCUT2D eigenvalue weighted by Crippen LogP contribution is 2.23. The zero-order valence-electron chi connectivity index (χ0n) is 7.98. The summed E-state index contributed by atoms with van der Waals surface area (Å²) in [5, 5.41) is 8.47. The zero-order chi connectivity index (χ0) is 10.2. The van der Waals surface area contributed by atoms with Crippen LogP contribution < -0.4 is 5.73 Å². The molecule has 1 aromatic rings. The summed E-state index contributed by atoms with van der Waals surface area (Å²) in [5.74, 6) is 0.855. The van der Waals surface area contributed by atoms with Gasteiger partial charge in [0, 0.05) is 16.3 Å². The third-order valence-electron chi connectivity index (χ3n) is 1.64. The molecule has 14 heavy (non-hydrogen) atoms. The Morgan fingerprint density at radius 2 is 2.07 bits per heavy atom. The third kappa shape index (κ3) is 4.00. The third-order valence-corrected chi connectivity index (χ3v) is 2.69. The predicted molar refractivity (Wildman–Crippen MR) is 59.5 cm³/mol. The summed E-state index contributed by atoms with van der Waals surface area (Å²) in [6.07, 6.45) is 0. The normalized spacial score (nSPS) is 10.4. The molecule has 0 bridgehead atoms. The average Bonchev–Trinajstić information content (AvgIpc) is 2.20. The van der Waals surface area contributed by atoms with Gasteiger partial charge in [-0.2, -0.15) is 0 Å². The summed E-state index contributed by atoms with van der Waals surface area (Å²) in [6.45, 7) is 1.13. The van der Waals surface area contributed by atoms with Crippen LogP contribution in [0.5, 0.6) is 0 Å². The lowest BCUT2D eigenvalue weighted by Crippen LogP contribution is -2.02. The maximum absolute atomic E-state index is 8.47. The van der Waals surface area contributed by atoms with Crippen LogP contribution in [-0.2, 0) is 4.74 Å². The number of para-hydroxylation sites is 1. The molecule has 3 nitrogen and oxygen atoms in total. The summed E-state index contributed by atoms with van der Waals surface area (Å²) in [6, 6.07) is 7.76. The molecule has 0 radical (unpaired) electrons. The van der Waals surface area contributed by atoms with Gasteiger partial charge < -0.3 is 15.6 Å². The van der Waals surface area contributed by atoms with Gasteiger partial charge in [-0.3, -0.25) is 0 Å². The van der Waals surface area contributed by atoms with Crippen molar-refractivity contribution < 1.29 is 9.84 Å². The highest BCUT2D eigenvalue weighted by molar-refractivity contribution is 7.99. The van der Waals surface area contributed by atoms with Crippen molar-refractivity contribution in [3.8, 4) is 0 Å². The lowest BCUT2D eigenvalue weighted by Gasteiger charge is -2.04. The number of ether oxygens (including phenoxy) is 1. The van der Waals surface area contributed by atoms with E-state index < -0.39 is 0 Å². The number of aliphatic hydroxyl groups excluding tert-OH is 1. The molecule has 1 rings (SSSR count). The molecule has 0 unspecified atom stereocenters. The van der Waals surface area contributed by atoms with Gasteiger partial charge in [-0.15, -0.1) is 11.8 Å². The van der Waals surface area contributed by atoms with Crippen molar-refractivity contribution in [3.05, 3.63) is 24.3 Å². The van der Waals surface area contributed by atoms with Crippen LogP contribution in [0, 0.1) is 0 Å². The SMILES string of the molecule is Nc1ccccc1SCCOCCO. The Hall–Kier alpha value is -0.710. The molecule has 78 valence electrons. The summed E-state index contributed by atoms with van der Waals surface area (Å²) in [7, 11) is 0. The second kappa shape index (κ2) is 6.70. The number of nitrogens with two attached hydrogens (primary N) is 1. The van der Waals surface area contributed by atoms with Crippen LogP contribution in [0.15, 0.2) is 29.2 Å². The number of thioether (sulfide) groups is 1. The fourth-order valence-electron chi connectivity index (χ4n) is 0.989. The molecule has 0 spiro atoms. The van der Waals surface area contributed by atoms with E-state index in [1.165, 1.54) is 0 Å². The van der Waals surface area contributed by atoms with Gasteiger partial charge in [-0.1, -0.05) is 12.1 Å². The number of hydrogen-bond acceptors (Lipinski definition) is 4. The van der Waals surface area contributed by atoms with Crippen molar-refractivity contribution in [2.75, 3.05) is 31.3 Å². The number of benzene rings is 1. The van der Waals surface area contributed by atoms with Crippen LogP contribution in [0.4, 0.5) is 5.69 Å². The van der Waals surface area contributed by atoms with E-state index in [9.17, 15) is 0 Å². The van der Waals surface area contributed by atoms with Gasteiger partial charge >= 0.3 is 0 Å². The van der Waals surface area contributed by atoms with Gasteiger partial charge in [0.2, 0.25) is 0 Å². The Morgan fingerprint density at radius 3 is 2.79 bits per heavy atom. The molecule has 0 fully saturated rings. The Kier molecular flexibility index (Phi) is 5.44. The summed E-state index contributed by atoms with van der Waals surface area (Å²) in [5.41, 5.74) is 6.57. The van der Waals surface area contributed by atoms with Crippen molar-refractivity contribution in [3.63, 3.8) is 0 Å². The zero-order valence-corrected chi connectivity index (χ0v) is 8.80. The molecular formula is C10H15NO2S. The van der Waals surface area contributed by atoms with Crippen molar-refractivity contribution in [2.24, 2.45) is 0 Å². The quantitative estimate of drug-likeness (QED) is 0.426. The van der Waals surface area contributed by atoms with Crippen LogP contribution in [0.2, 0.25) is 0 Å². The molecule has 0 atom stereocenters. The maximum Gasteiger partial charge on any atom is 0.0698 e. The van der Waals surface area contributed by atoms with E-state index in [0.717, 1.165) is 16.3 Å². The first kappa shape index (κ1) is 11.4. The predicted octanol–water partition coefficient (Wildman–Crippen LogP) is 1.37. The minimum absolute atomic E-state index is 0.0815. The van der Waals surface area contributed by atoms with E-state index in [1.807, 2.05) is 24.3 Å². The number of hydrogen-bond donors (Lipinski definition) is 2. The van der Waals surface area contributed by atoms with Gasteiger partial charge in [0.15, 0.2) is 0 Å². The van der Waals surface area contributed by atoms with Crippen molar-refractivity contribution in [2.45, 2.75) is 4.90 Å². The molecule has 4 heteroatoms. The van der Waals surface area contributed by atoms with E-state index in [-0.39, 0.29) is 6.61 Å². The van der Waals surface area contributed by atoms with Crippen LogP contribution in [0.3, 0.4) is 0 Å². The van der Waals surface area contributed by atoms with E-state index >= 15 is 0 Å². The highest BCUT2D eigenvalue weighted by Gasteiger charge is 1.97. The minimum Gasteiger partial charge on any atom is -0.398 e. The van der Waals surface area contributed by atoms with E-state index in [0.29, 0.717) is 13.2 Å². The van der Waals surface area contributed by atoms with Crippen LogP contribution in [0.25, 0.3) is 0 Å². The minimum atomic E-state index is 0.0815. The molecule has 0 aliphatic heterocycles. The molecule has 1 aromatic carbocycles. The monoisotopic (exact) mass is 213 g/mol. The number of rotatable bonds is 6. The maximum atomic E-state index is 8.47. The molecule has 0 heterocycles. The smallest absolute Gasteiger partial charge is 0.0698 e. The Bertz CT molecular complexity index is 268. The first-order chi connectivity index (χ1) is 6.84. The standard InChI is InChI=1S/C10H15NO2S/c11-9-3-1-2-4-10(9)14-8-7-13-6-5-12/h1-4,12H,5-8,11H2. The van der Waals surface area contributed by atoms with E-state index in [1.54, 1.807) is 11.8 Å². The largest absolute Gasteiger partial charge is 0.398 e. The number of aliphatic hydroxyl groups is 1. The van der Waals surface area contributed by atoms with Gasteiger partial charge in [0.1, 0.15) is 0 Å². The van der Waals surface area contributed by atoms with Crippen LogP contribution in [-0.4, -0.2) is 30.7 Å². The molecular weight excluding hydrogens is 198 g/mol. The Balaban J connectivity index is 2.21. The van der Waals surface area contributed by atoms with Gasteiger partial charge in [0.25, 0.3) is 0 Å². The topological polar surface area (TPSA) is 55.5 Å². The molecule has 0 saturated carbocycles. The number of anilines is 1. The molecule has 0 amide bonds. The second-order valence-electron chi connectivity index (χ2n) is 2.72. The molecule has 0 aromatic heterocycles. The molecule has 3 N–H and O–H groups in total. The summed E-state index contributed by atoms with van der Waals surface area (Å²) in [4.78, 5) is 1.08. The van der Waals surface area contributed by atoms with Crippen molar-refractivity contribution in [1.82, 2.24) is 0 Å². The Labute approximate surface area is 88.3 Å². The fourth-order valence-corrected chi connectivity index (χ4v) is 1.82. The van der Waals surface area contributed by atoms with Gasteiger partial charge in [0.05, 0.1) is 19.8 Å². The van der Waals surface area contributed by atoms with E-state index in [4.69, 9.17) is 15.6 Å². The molecule has 0 aliphatic rings. The van der Waals surface area contributed by atoms with E-state index in [2.05, 4.69) is 0 Å². The fraction of sp³-hybridized carbons (Fsp3) is 0.400. The molecule has 0 aliphatic carbocycles. The van der Waals surface area contributed by atoms with Crippen molar-refractivity contribution in [1.29, 1.82) is 0 Å². The lowest BCUT2D eigenvalue weighted by molar-refractivity contribution is 0.103. The van der Waals surface area contributed by atoms with Crippen LogP contribution in [0.1, 0.15) is 0 Å². The first-order valence-electron chi connectivity index (χ1n) is 4.50. The lowest BCUT2D eigenvalue weighted by atomic mass is 10.3. The van der Waals surface area contributed by atoms with Crippen molar-refractivity contribution >= 4 is 17.4 Å². The van der Waals surface area contributed by atoms with Crippen LogP contribution >= 0.6 is 11.8 Å². The summed E-state index contributed by atoms with van der Waals surface area (Å²) >= 11 is 1.67. The first-order valence-corrected chi connectivity index (χ1v) is 5.49. The molecule has 0 saturated heterocycles.